The second-order valence-electron chi connectivity index (χ2n) is 8.57. The first kappa shape index (κ1) is 23.0. The summed E-state index contributed by atoms with van der Waals surface area (Å²) in [5, 5.41) is 6.50. The Morgan fingerprint density at radius 3 is 2.50 bits per heavy atom. The fourth-order valence-corrected chi connectivity index (χ4v) is 5.09. The highest BCUT2D eigenvalue weighted by Crippen LogP contribution is 2.38. The summed E-state index contributed by atoms with van der Waals surface area (Å²) in [4.78, 5) is 13.0. The second kappa shape index (κ2) is 8.62. The van der Waals surface area contributed by atoms with Crippen LogP contribution in [0.1, 0.15) is 50.9 Å². The van der Waals surface area contributed by atoms with Crippen LogP contribution in [0, 0.1) is 0 Å². The molecule has 1 saturated carbocycles. The molecule has 176 valence electrons. The number of piperidine rings is 1. The first-order valence-electron chi connectivity index (χ1n) is 10.7. The van der Waals surface area contributed by atoms with Crippen LogP contribution in [-0.4, -0.2) is 65.0 Å². The summed E-state index contributed by atoms with van der Waals surface area (Å²) in [6.07, 6.45) is 3.00. The van der Waals surface area contributed by atoms with E-state index in [2.05, 4.69) is 25.6 Å². The number of alkyl halides is 3. The van der Waals surface area contributed by atoms with Crippen molar-refractivity contribution < 1.29 is 21.6 Å². The van der Waals surface area contributed by atoms with E-state index < -0.39 is 28.2 Å². The van der Waals surface area contributed by atoms with Gasteiger partial charge in [0.1, 0.15) is 11.7 Å². The quantitative estimate of drug-likeness (QED) is 0.664. The standard InChI is InChI=1S/C20H27F3N6O2S/c1-12(21)15-10-13-11-24-19(25-14-5-8-29(9-6-14)32(2,30)31)28-17(13)18(26-15)27-16-4-3-7-20(16,22)23/h10-12,14,16H,3-9H2,1-2H3,(H,26,27)(H,24,25,28)/t12?,16-/m0/s1. The van der Waals surface area contributed by atoms with Crippen molar-refractivity contribution in [1.29, 1.82) is 0 Å². The van der Waals surface area contributed by atoms with Crippen LogP contribution in [-0.2, 0) is 10.0 Å². The molecule has 0 bridgehead atoms. The van der Waals surface area contributed by atoms with Crippen LogP contribution in [0.4, 0.5) is 24.9 Å². The van der Waals surface area contributed by atoms with Crippen LogP contribution in [0.15, 0.2) is 12.3 Å². The predicted molar refractivity (Wildman–Crippen MR) is 116 cm³/mol. The Balaban J connectivity index is 1.59. The number of nitrogens with zero attached hydrogens (tertiary/aromatic N) is 4. The van der Waals surface area contributed by atoms with E-state index in [1.807, 2.05) is 0 Å². The summed E-state index contributed by atoms with van der Waals surface area (Å²) < 4.78 is 67.2. The molecule has 8 nitrogen and oxygen atoms in total. The number of aromatic nitrogens is 3. The van der Waals surface area contributed by atoms with Crippen LogP contribution in [0.25, 0.3) is 10.9 Å². The third kappa shape index (κ3) is 4.90. The number of pyridine rings is 1. The van der Waals surface area contributed by atoms with Gasteiger partial charge in [0.15, 0.2) is 5.82 Å². The second-order valence-corrected chi connectivity index (χ2v) is 10.6. The van der Waals surface area contributed by atoms with Gasteiger partial charge in [-0.05, 0) is 38.7 Å². The number of sulfonamides is 1. The first-order chi connectivity index (χ1) is 15.0. The fourth-order valence-electron chi connectivity index (χ4n) is 4.22. The molecule has 1 unspecified atom stereocenters. The molecule has 2 atom stereocenters. The molecule has 32 heavy (non-hydrogen) atoms. The smallest absolute Gasteiger partial charge is 0.267 e. The maximum Gasteiger partial charge on any atom is 0.267 e. The molecule has 1 aliphatic heterocycles. The zero-order valence-electron chi connectivity index (χ0n) is 18.0. The van der Waals surface area contributed by atoms with Gasteiger partial charge in [0.2, 0.25) is 16.0 Å². The van der Waals surface area contributed by atoms with Gasteiger partial charge in [0, 0.05) is 37.1 Å². The molecule has 0 spiro atoms. The van der Waals surface area contributed by atoms with Crippen LogP contribution < -0.4 is 10.6 Å². The Labute approximate surface area is 185 Å². The Kier molecular flexibility index (Phi) is 6.19. The summed E-state index contributed by atoms with van der Waals surface area (Å²) in [5.41, 5.74) is 0.460. The van der Waals surface area contributed by atoms with Gasteiger partial charge in [0.25, 0.3) is 5.92 Å². The van der Waals surface area contributed by atoms with Gasteiger partial charge in [-0.1, -0.05) is 0 Å². The van der Waals surface area contributed by atoms with Gasteiger partial charge >= 0.3 is 0 Å². The highest BCUT2D eigenvalue weighted by Gasteiger charge is 2.44. The van der Waals surface area contributed by atoms with Crippen molar-refractivity contribution in [3.63, 3.8) is 0 Å². The summed E-state index contributed by atoms with van der Waals surface area (Å²) in [6, 6.07) is 0.404. The number of halogens is 3. The number of rotatable bonds is 6. The zero-order valence-corrected chi connectivity index (χ0v) is 18.8. The fraction of sp³-hybridized carbons (Fsp3) is 0.650. The minimum absolute atomic E-state index is 0.0286. The highest BCUT2D eigenvalue weighted by molar-refractivity contribution is 7.88. The molecule has 3 heterocycles. The molecular formula is C20H27F3N6O2S. The van der Waals surface area contributed by atoms with Crippen LogP contribution in [0.2, 0.25) is 0 Å². The van der Waals surface area contributed by atoms with Gasteiger partial charge in [-0.2, -0.15) is 0 Å². The summed E-state index contributed by atoms with van der Waals surface area (Å²) in [7, 11) is -3.22. The number of hydrogen-bond donors (Lipinski definition) is 2. The predicted octanol–water partition coefficient (Wildman–Crippen LogP) is 3.49. The highest BCUT2D eigenvalue weighted by atomic mass is 32.2. The molecule has 0 aromatic carbocycles. The topological polar surface area (TPSA) is 100 Å². The van der Waals surface area contributed by atoms with E-state index in [1.54, 1.807) is 0 Å². The van der Waals surface area contributed by atoms with Crippen molar-refractivity contribution in [3.8, 4) is 0 Å². The zero-order chi connectivity index (χ0) is 23.1. The Bertz CT molecular complexity index is 1090. The lowest BCUT2D eigenvalue weighted by Crippen LogP contribution is -2.42. The van der Waals surface area contributed by atoms with E-state index in [-0.39, 0.29) is 24.0 Å². The number of anilines is 2. The summed E-state index contributed by atoms with van der Waals surface area (Å²) in [6.45, 7) is 2.13. The number of fused-ring (bicyclic) bond motifs is 1. The van der Waals surface area contributed by atoms with E-state index in [4.69, 9.17) is 0 Å². The lowest BCUT2D eigenvalue weighted by molar-refractivity contribution is -0.000659. The lowest BCUT2D eigenvalue weighted by Gasteiger charge is -2.30. The van der Waals surface area contributed by atoms with E-state index in [0.29, 0.717) is 55.6 Å². The van der Waals surface area contributed by atoms with E-state index in [9.17, 15) is 21.6 Å². The Morgan fingerprint density at radius 1 is 1.19 bits per heavy atom. The van der Waals surface area contributed by atoms with Gasteiger partial charge < -0.3 is 10.6 Å². The van der Waals surface area contributed by atoms with Gasteiger partial charge in [0.05, 0.1) is 18.0 Å². The van der Waals surface area contributed by atoms with Crippen molar-refractivity contribution in [2.45, 2.75) is 63.2 Å². The van der Waals surface area contributed by atoms with Gasteiger partial charge in [-0.25, -0.2) is 40.8 Å². The Hall–Kier alpha value is -2.21. The van der Waals surface area contributed by atoms with Crippen LogP contribution in [0.3, 0.4) is 0 Å². The lowest BCUT2D eigenvalue weighted by atomic mass is 10.1. The van der Waals surface area contributed by atoms with Crippen molar-refractivity contribution in [1.82, 2.24) is 19.3 Å². The van der Waals surface area contributed by atoms with Crippen LogP contribution >= 0.6 is 0 Å². The van der Waals surface area contributed by atoms with Crippen molar-refractivity contribution in [2.24, 2.45) is 0 Å². The number of nitrogens with one attached hydrogen (secondary N) is 2. The minimum Gasteiger partial charge on any atom is -0.359 e. The van der Waals surface area contributed by atoms with Gasteiger partial charge in [-0.3, -0.25) is 0 Å². The maximum atomic E-state index is 14.2. The summed E-state index contributed by atoms with van der Waals surface area (Å²) in [5.74, 6) is -2.46. The minimum atomic E-state index is -3.22. The Morgan fingerprint density at radius 2 is 1.91 bits per heavy atom. The SMILES string of the molecule is CC(F)c1cc2cnc(NC3CCN(S(C)(=O)=O)CC3)nc2c(N[C@H]2CCCC2(F)F)n1. The van der Waals surface area contributed by atoms with E-state index >= 15 is 0 Å². The van der Waals surface area contributed by atoms with Crippen molar-refractivity contribution in [3.05, 3.63) is 18.0 Å². The molecule has 0 amide bonds. The third-order valence-corrected chi connectivity index (χ3v) is 7.38. The summed E-state index contributed by atoms with van der Waals surface area (Å²) >= 11 is 0. The molecule has 1 aliphatic carbocycles. The maximum absolute atomic E-state index is 14.2. The average Bonchev–Trinajstić information content (AvgIpc) is 3.05. The van der Waals surface area contributed by atoms with Crippen molar-refractivity contribution in [2.75, 3.05) is 30.0 Å². The molecule has 2 aromatic rings. The number of hydrogen-bond acceptors (Lipinski definition) is 7. The molecular weight excluding hydrogens is 445 g/mol. The normalized spacial score (nSPS) is 23.3. The molecule has 2 N–H and O–H groups in total. The molecule has 12 heteroatoms. The largest absolute Gasteiger partial charge is 0.359 e. The molecule has 4 rings (SSSR count). The first-order valence-corrected chi connectivity index (χ1v) is 12.6. The molecule has 2 aliphatic rings. The van der Waals surface area contributed by atoms with Crippen LogP contribution in [0.5, 0.6) is 0 Å². The van der Waals surface area contributed by atoms with Crippen molar-refractivity contribution >= 4 is 32.7 Å². The molecule has 2 aromatic heterocycles. The molecule has 1 saturated heterocycles. The third-order valence-electron chi connectivity index (χ3n) is 6.07. The molecule has 0 radical (unpaired) electrons. The average molecular weight is 473 g/mol. The van der Waals surface area contributed by atoms with E-state index in [0.717, 1.165) is 0 Å². The monoisotopic (exact) mass is 472 g/mol. The van der Waals surface area contributed by atoms with E-state index in [1.165, 1.54) is 29.7 Å². The molecule has 2 fully saturated rings. The van der Waals surface area contributed by atoms with Gasteiger partial charge in [-0.15, -0.1) is 0 Å².